The molecule has 8 heavy (non-hydrogen) atoms. The van der Waals surface area contributed by atoms with Crippen LogP contribution >= 0.6 is 0 Å². The Kier molecular flexibility index (Phi) is 1.22. The van der Waals surface area contributed by atoms with E-state index in [1.54, 1.807) is 25.4 Å². The number of furan rings is 1. The van der Waals surface area contributed by atoms with Crippen LogP contribution in [0.1, 0.15) is 0 Å². The molecule has 0 unspecified atom stereocenters. The van der Waals surface area contributed by atoms with Gasteiger partial charge in [0, 0.05) is 13.1 Å². The first-order chi connectivity index (χ1) is 3.80. The Morgan fingerprint density at radius 1 is 1.75 bits per heavy atom. The van der Waals surface area contributed by atoms with Crippen LogP contribution in [0.3, 0.4) is 0 Å². The van der Waals surface area contributed by atoms with Crippen molar-refractivity contribution in [1.82, 2.24) is 0 Å². The lowest BCUT2D eigenvalue weighted by Gasteiger charge is -2.04. The van der Waals surface area contributed by atoms with Gasteiger partial charge >= 0.3 is 0 Å². The highest BCUT2D eigenvalue weighted by molar-refractivity contribution is 5.30. The zero-order valence-corrected chi connectivity index (χ0v) is 4.66. The Balaban J connectivity index is 2.77. The minimum Gasteiger partial charge on any atom is -0.447 e. The van der Waals surface area contributed by atoms with Crippen molar-refractivity contribution in [3.05, 3.63) is 18.4 Å². The van der Waals surface area contributed by atoms with Crippen LogP contribution in [0, 0.1) is 0 Å². The molecule has 2 N–H and O–H groups in total. The van der Waals surface area contributed by atoms with E-state index < -0.39 is 0 Å². The number of nitrogens with two attached hydrogens (primary N) is 1. The van der Waals surface area contributed by atoms with Crippen LogP contribution < -0.4 is 10.9 Å². The van der Waals surface area contributed by atoms with Crippen molar-refractivity contribution in [1.29, 1.82) is 0 Å². The first-order valence-electron chi connectivity index (χ1n) is 2.32. The molecule has 0 aromatic carbocycles. The van der Waals surface area contributed by atoms with Crippen LogP contribution in [0.5, 0.6) is 0 Å². The molecule has 0 aliphatic heterocycles. The smallest absolute Gasteiger partial charge is 0.208 e. The summed E-state index contributed by atoms with van der Waals surface area (Å²) in [5.74, 6) is 5.97. The highest BCUT2D eigenvalue weighted by Crippen LogP contribution is 2.07. The van der Waals surface area contributed by atoms with E-state index in [9.17, 15) is 0 Å². The van der Waals surface area contributed by atoms with Crippen LogP contribution in [0.4, 0.5) is 5.88 Å². The normalized spacial score (nSPS) is 9.25. The Hall–Kier alpha value is -0.960. The topological polar surface area (TPSA) is 42.4 Å². The predicted octanol–water partition coefficient (Wildman–Crippen LogP) is 0.590. The molecule has 1 rings (SSSR count). The zero-order valence-electron chi connectivity index (χ0n) is 4.66. The van der Waals surface area contributed by atoms with Crippen LogP contribution in [0.2, 0.25) is 0 Å². The van der Waals surface area contributed by atoms with Gasteiger partial charge in [-0.1, -0.05) is 0 Å². The van der Waals surface area contributed by atoms with Crippen molar-refractivity contribution >= 4 is 5.88 Å². The first kappa shape index (κ1) is 5.18. The van der Waals surface area contributed by atoms with Gasteiger partial charge < -0.3 is 4.42 Å². The molecule has 0 aliphatic rings. The van der Waals surface area contributed by atoms with Crippen molar-refractivity contribution < 1.29 is 4.42 Å². The second-order valence-corrected chi connectivity index (χ2v) is 1.56. The standard InChI is InChI=1S/C5H8N2O/c1-7(6)5-3-2-4-8-5/h2-4H,6H2,1H3. The van der Waals surface area contributed by atoms with Crippen molar-refractivity contribution in [2.45, 2.75) is 0 Å². The monoisotopic (exact) mass is 112 g/mol. The van der Waals surface area contributed by atoms with Gasteiger partial charge in [0.25, 0.3) is 0 Å². The number of nitrogens with zero attached hydrogens (tertiary/aromatic N) is 1. The summed E-state index contributed by atoms with van der Waals surface area (Å²) in [6.07, 6.45) is 1.58. The maximum absolute atomic E-state index is 5.30. The van der Waals surface area contributed by atoms with Gasteiger partial charge in [-0.25, -0.2) is 5.84 Å². The molecule has 0 amide bonds. The van der Waals surface area contributed by atoms with Crippen LogP contribution in [0.25, 0.3) is 0 Å². The summed E-state index contributed by atoms with van der Waals surface area (Å²) in [5.41, 5.74) is 0. The van der Waals surface area contributed by atoms with E-state index in [0.717, 1.165) is 0 Å². The van der Waals surface area contributed by atoms with E-state index in [1.807, 2.05) is 0 Å². The predicted molar refractivity (Wildman–Crippen MR) is 31.3 cm³/mol. The summed E-state index contributed by atoms with van der Waals surface area (Å²) < 4.78 is 4.90. The lowest BCUT2D eigenvalue weighted by Crippen LogP contribution is -2.24. The Morgan fingerprint density at radius 2 is 2.50 bits per heavy atom. The summed E-state index contributed by atoms with van der Waals surface area (Å²) in [6.45, 7) is 0. The molecule has 3 heteroatoms. The fourth-order valence-electron chi connectivity index (χ4n) is 0.471. The molecule has 0 fully saturated rings. The Morgan fingerprint density at radius 3 is 2.75 bits per heavy atom. The van der Waals surface area contributed by atoms with E-state index in [4.69, 9.17) is 10.3 Å². The van der Waals surface area contributed by atoms with Crippen molar-refractivity contribution in [3.63, 3.8) is 0 Å². The summed E-state index contributed by atoms with van der Waals surface area (Å²) in [5, 5.41) is 1.42. The molecule has 1 aromatic rings. The van der Waals surface area contributed by atoms with Gasteiger partial charge in [-0.3, -0.25) is 5.01 Å². The third-order valence-electron chi connectivity index (χ3n) is 0.854. The van der Waals surface area contributed by atoms with Gasteiger partial charge in [-0.15, -0.1) is 0 Å². The summed E-state index contributed by atoms with van der Waals surface area (Å²) in [4.78, 5) is 0. The number of hydrazine groups is 1. The largest absolute Gasteiger partial charge is 0.447 e. The molecule has 0 saturated carbocycles. The van der Waals surface area contributed by atoms with Gasteiger partial charge in [0.15, 0.2) is 0 Å². The third kappa shape index (κ3) is 0.816. The lowest BCUT2D eigenvalue weighted by atomic mass is 10.6. The van der Waals surface area contributed by atoms with Crippen LogP contribution in [-0.2, 0) is 0 Å². The van der Waals surface area contributed by atoms with Gasteiger partial charge in [-0.2, -0.15) is 0 Å². The summed E-state index contributed by atoms with van der Waals surface area (Å²) >= 11 is 0. The molecule has 0 spiro atoms. The zero-order chi connectivity index (χ0) is 5.98. The van der Waals surface area contributed by atoms with E-state index in [2.05, 4.69) is 0 Å². The fraction of sp³-hybridized carbons (Fsp3) is 0.200. The number of anilines is 1. The quantitative estimate of drug-likeness (QED) is 0.427. The summed E-state index contributed by atoms with van der Waals surface area (Å²) in [6, 6.07) is 3.58. The molecule has 0 aliphatic carbocycles. The van der Waals surface area contributed by atoms with Crippen molar-refractivity contribution in [2.24, 2.45) is 5.84 Å². The van der Waals surface area contributed by atoms with E-state index in [0.29, 0.717) is 5.88 Å². The maximum Gasteiger partial charge on any atom is 0.208 e. The second kappa shape index (κ2) is 1.88. The SMILES string of the molecule is CN(N)c1ccco1. The van der Waals surface area contributed by atoms with Crippen LogP contribution in [0.15, 0.2) is 22.8 Å². The minimum absolute atomic E-state index is 0.671. The van der Waals surface area contributed by atoms with Crippen molar-refractivity contribution in [2.75, 3.05) is 12.1 Å². The molecule has 0 saturated heterocycles. The average Bonchev–Trinajstić information content (AvgIpc) is 2.12. The van der Waals surface area contributed by atoms with E-state index >= 15 is 0 Å². The molecule has 0 bridgehead atoms. The molecule has 1 aromatic heterocycles. The highest BCUT2D eigenvalue weighted by atomic mass is 16.3. The molecule has 3 nitrogen and oxygen atoms in total. The third-order valence-corrected chi connectivity index (χ3v) is 0.854. The second-order valence-electron chi connectivity index (χ2n) is 1.56. The van der Waals surface area contributed by atoms with E-state index in [-0.39, 0.29) is 0 Å². The number of hydrogen-bond acceptors (Lipinski definition) is 3. The molecule has 0 radical (unpaired) electrons. The minimum atomic E-state index is 0.671. The van der Waals surface area contributed by atoms with E-state index in [1.165, 1.54) is 5.01 Å². The van der Waals surface area contributed by atoms with Crippen LogP contribution in [-0.4, -0.2) is 7.05 Å². The Labute approximate surface area is 47.7 Å². The first-order valence-corrected chi connectivity index (χ1v) is 2.32. The molecule has 44 valence electrons. The van der Waals surface area contributed by atoms with Gasteiger partial charge in [-0.05, 0) is 6.07 Å². The molecule has 1 heterocycles. The summed E-state index contributed by atoms with van der Waals surface area (Å²) in [7, 11) is 1.72. The molecule has 0 atom stereocenters. The van der Waals surface area contributed by atoms with Gasteiger partial charge in [0.05, 0.1) is 6.26 Å². The molecular formula is C5H8N2O. The molecular weight excluding hydrogens is 104 g/mol. The van der Waals surface area contributed by atoms with Gasteiger partial charge in [0.1, 0.15) is 0 Å². The number of rotatable bonds is 1. The Bertz CT molecular complexity index is 145. The van der Waals surface area contributed by atoms with Gasteiger partial charge in [0.2, 0.25) is 5.88 Å². The number of hydrogen-bond donors (Lipinski definition) is 1. The van der Waals surface area contributed by atoms with Crippen molar-refractivity contribution in [3.8, 4) is 0 Å². The lowest BCUT2D eigenvalue weighted by molar-refractivity contribution is 0.558. The maximum atomic E-state index is 5.30. The fourth-order valence-corrected chi connectivity index (χ4v) is 0.471. The highest BCUT2D eigenvalue weighted by Gasteiger charge is 1.93. The average molecular weight is 112 g/mol.